The number of alkyl halides is 3. The van der Waals surface area contributed by atoms with Crippen molar-refractivity contribution in [3.05, 3.63) is 36.0 Å². The number of hydrogen-bond donors (Lipinski definition) is 3. The van der Waals surface area contributed by atoms with Crippen LogP contribution in [0.1, 0.15) is 12.5 Å². The summed E-state index contributed by atoms with van der Waals surface area (Å²) in [6.07, 6.45) is 5.72. The van der Waals surface area contributed by atoms with Crippen LogP contribution < -0.4 is 16.4 Å². The lowest BCUT2D eigenvalue weighted by Gasteiger charge is -2.11. The van der Waals surface area contributed by atoms with Crippen molar-refractivity contribution in [1.82, 2.24) is 10.3 Å². The standard InChI is InChI=1S/C14H14F3N3O.C2H5NO.C2H2/c1-9(21)18-6-7-20-12-4-5-19-13-8-10(14(15,16)17)2-3-11(12)13;3-1-2-4;1-2/h2-5,8H,6-7H2,1H3,(H,18,21)(H,19,20);2H,1,3H2;1-2H. The molecule has 0 spiro atoms. The maximum Gasteiger partial charge on any atom is 0.416 e. The summed E-state index contributed by atoms with van der Waals surface area (Å²) in [4.78, 5) is 23.8. The number of halogens is 3. The van der Waals surface area contributed by atoms with Crippen molar-refractivity contribution in [2.75, 3.05) is 25.0 Å². The molecule has 0 bridgehead atoms. The maximum atomic E-state index is 12.7. The largest absolute Gasteiger partial charge is 0.416 e. The predicted octanol–water partition coefficient (Wildman–Crippen LogP) is 2.19. The number of nitrogens with two attached hydrogens (primary N) is 1. The molecule has 1 amide bonds. The molecule has 0 atom stereocenters. The summed E-state index contributed by atoms with van der Waals surface area (Å²) in [5.74, 6) is -0.133. The Labute approximate surface area is 155 Å². The van der Waals surface area contributed by atoms with E-state index in [1.165, 1.54) is 19.2 Å². The number of nitrogens with one attached hydrogen (secondary N) is 2. The minimum Gasteiger partial charge on any atom is -0.383 e. The summed E-state index contributed by atoms with van der Waals surface area (Å²) < 4.78 is 38.0. The second kappa shape index (κ2) is 12.3. The number of rotatable bonds is 5. The Morgan fingerprint density at radius 3 is 2.41 bits per heavy atom. The molecular weight excluding hydrogens is 361 g/mol. The second-order valence-electron chi connectivity index (χ2n) is 4.90. The minimum absolute atomic E-state index is 0.133. The van der Waals surface area contributed by atoms with Crippen LogP contribution in [0.25, 0.3) is 10.9 Å². The van der Waals surface area contributed by atoms with Gasteiger partial charge >= 0.3 is 6.18 Å². The number of hydrogen-bond acceptors (Lipinski definition) is 5. The predicted molar refractivity (Wildman–Crippen MR) is 98.9 cm³/mol. The van der Waals surface area contributed by atoms with E-state index in [0.717, 1.165) is 12.1 Å². The first-order chi connectivity index (χ1) is 12.8. The SMILES string of the molecule is C#C.CC(=O)NCCNc1ccnc2cc(C(F)(F)F)ccc12.NCC=O. The van der Waals surface area contributed by atoms with E-state index in [4.69, 9.17) is 4.79 Å². The molecule has 0 radical (unpaired) electrons. The van der Waals surface area contributed by atoms with Gasteiger partial charge in [0, 0.05) is 43.8 Å². The smallest absolute Gasteiger partial charge is 0.383 e. The normalized spacial score (nSPS) is 9.89. The number of pyridine rings is 1. The van der Waals surface area contributed by atoms with E-state index in [9.17, 15) is 18.0 Å². The summed E-state index contributed by atoms with van der Waals surface area (Å²) in [5, 5.41) is 6.30. The van der Waals surface area contributed by atoms with Gasteiger partial charge in [0.2, 0.25) is 5.91 Å². The first kappa shape index (κ1) is 23.9. The zero-order valence-corrected chi connectivity index (χ0v) is 14.7. The second-order valence-corrected chi connectivity index (χ2v) is 4.90. The molecular formula is C18H21F3N4O2. The van der Waals surface area contributed by atoms with Gasteiger partial charge in [-0.2, -0.15) is 13.2 Å². The topological polar surface area (TPSA) is 97.1 Å². The van der Waals surface area contributed by atoms with Crippen molar-refractivity contribution in [3.8, 4) is 12.8 Å². The van der Waals surface area contributed by atoms with Gasteiger partial charge in [-0.25, -0.2) is 0 Å². The van der Waals surface area contributed by atoms with E-state index >= 15 is 0 Å². The fourth-order valence-electron chi connectivity index (χ4n) is 1.91. The van der Waals surface area contributed by atoms with Crippen LogP contribution in [-0.4, -0.2) is 36.8 Å². The summed E-state index contributed by atoms with van der Waals surface area (Å²) in [5.41, 5.74) is 4.89. The highest BCUT2D eigenvalue weighted by Crippen LogP contribution is 2.32. The Morgan fingerprint density at radius 2 is 1.89 bits per heavy atom. The summed E-state index contributed by atoms with van der Waals surface area (Å²) >= 11 is 0. The zero-order valence-electron chi connectivity index (χ0n) is 14.7. The Kier molecular flexibility index (Phi) is 10.9. The van der Waals surface area contributed by atoms with Crippen molar-refractivity contribution in [2.24, 2.45) is 5.73 Å². The van der Waals surface area contributed by atoms with Gasteiger partial charge in [-0.3, -0.25) is 9.78 Å². The molecule has 1 heterocycles. The lowest BCUT2D eigenvalue weighted by molar-refractivity contribution is -0.137. The lowest BCUT2D eigenvalue weighted by Crippen LogP contribution is -2.26. The summed E-state index contributed by atoms with van der Waals surface area (Å²) in [7, 11) is 0. The number of fused-ring (bicyclic) bond motifs is 1. The van der Waals surface area contributed by atoms with Crippen molar-refractivity contribution in [2.45, 2.75) is 13.1 Å². The van der Waals surface area contributed by atoms with E-state index in [1.807, 2.05) is 0 Å². The average Bonchev–Trinajstić information content (AvgIpc) is 2.65. The summed E-state index contributed by atoms with van der Waals surface area (Å²) in [6, 6.07) is 5.13. The van der Waals surface area contributed by atoms with Gasteiger partial charge in [0.05, 0.1) is 11.1 Å². The van der Waals surface area contributed by atoms with Crippen LogP contribution in [0.5, 0.6) is 0 Å². The van der Waals surface area contributed by atoms with Crippen LogP contribution in [0.15, 0.2) is 30.5 Å². The third-order valence-corrected chi connectivity index (χ3v) is 2.98. The van der Waals surface area contributed by atoms with Crippen LogP contribution in [-0.2, 0) is 15.8 Å². The zero-order chi connectivity index (χ0) is 20.9. The molecule has 2 rings (SSSR count). The molecule has 0 aliphatic rings. The van der Waals surface area contributed by atoms with Gasteiger partial charge in [0.25, 0.3) is 0 Å². The van der Waals surface area contributed by atoms with Crippen LogP contribution in [0.2, 0.25) is 0 Å². The molecule has 0 saturated carbocycles. The number of benzene rings is 1. The Balaban J connectivity index is 0.000000998. The number of terminal acetylenes is 1. The molecule has 0 unspecified atom stereocenters. The number of carbonyl (C=O) groups excluding carboxylic acids is 2. The van der Waals surface area contributed by atoms with Gasteiger partial charge in [-0.1, -0.05) is 6.07 Å². The molecule has 9 heteroatoms. The Morgan fingerprint density at radius 1 is 1.26 bits per heavy atom. The van der Waals surface area contributed by atoms with E-state index < -0.39 is 11.7 Å². The van der Waals surface area contributed by atoms with Gasteiger partial charge in [0.1, 0.15) is 6.29 Å². The first-order valence-corrected chi connectivity index (χ1v) is 7.71. The van der Waals surface area contributed by atoms with Crippen molar-refractivity contribution >= 4 is 28.8 Å². The molecule has 1 aromatic carbocycles. The highest BCUT2D eigenvalue weighted by Gasteiger charge is 2.30. The number of aromatic nitrogens is 1. The molecule has 0 aliphatic carbocycles. The fraction of sp³-hybridized carbons (Fsp3) is 0.278. The van der Waals surface area contributed by atoms with Gasteiger partial charge in [-0.15, -0.1) is 12.8 Å². The lowest BCUT2D eigenvalue weighted by atomic mass is 10.1. The summed E-state index contributed by atoms with van der Waals surface area (Å²) in [6.45, 7) is 2.46. The fourth-order valence-corrected chi connectivity index (χ4v) is 1.91. The number of carbonyl (C=O) groups is 2. The van der Waals surface area contributed by atoms with Crippen molar-refractivity contribution in [1.29, 1.82) is 0 Å². The molecule has 146 valence electrons. The van der Waals surface area contributed by atoms with Gasteiger partial charge in [-0.05, 0) is 18.2 Å². The third kappa shape index (κ3) is 8.69. The maximum absolute atomic E-state index is 12.7. The quantitative estimate of drug-likeness (QED) is 0.418. The van der Waals surface area contributed by atoms with Crippen LogP contribution >= 0.6 is 0 Å². The molecule has 6 nitrogen and oxygen atoms in total. The first-order valence-electron chi connectivity index (χ1n) is 7.71. The Bertz CT molecular complexity index is 761. The molecule has 2 aromatic rings. The number of amides is 1. The Hall–Kier alpha value is -3.12. The monoisotopic (exact) mass is 382 g/mol. The number of anilines is 1. The van der Waals surface area contributed by atoms with Crippen LogP contribution in [0.3, 0.4) is 0 Å². The van der Waals surface area contributed by atoms with E-state index in [1.54, 1.807) is 6.07 Å². The number of aldehydes is 1. The van der Waals surface area contributed by atoms with Gasteiger partial charge < -0.3 is 21.2 Å². The van der Waals surface area contributed by atoms with Crippen molar-refractivity contribution < 1.29 is 22.8 Å². The minimum atomic E-state index is -4.38. The molecule has 4 N–H and O–H groups in total. The van der Waals surface area contributed by atoms with E-state index in [-0.39, 0.29) is 18.0 Å². The average molecular weight is 382 g/mol. The highest BCUT2D eigenvalue weighted by molar-refractivity contribution is 5.91. The highest BCUT2D eigenvalue weighted by atomic mass is 19.4. The van der Waals surface area contributed by atoms with Gasteiger partial charge in [0.15, 0.2) is 0 Å². The molecule has 1 aromatic heterocycles. The van der Waals surface area contributed by atoms with E-state index in [2.05, 4.69) is 34.2 Å². The molecule has 0 aliphatic heterocycles. The molecule has 27 heavy (non-hydrogen) atoms. The third-order valence-electron chi connectivity index (χ3n) is 2.98. The molecule has 0 fully saturated rings. The van der Waals surface area contributed by atoms with Crippen LogP contribution in [0, 0.1) is 12.8 Å². The van der Waals surface area contributed by atoms with E-state index in [0.29, 0.717) is 30.4 Å². The van der Waals surface area contributed by atoms with Crippen LogP contribution in [0.4, 0.5) is 18.9 Å². The molecule has 0 saturated heterocycles. The van der Waals surface area contributed by atoms with Crippen molar-refractivity contribution in [3.63, 3.8) is 0 Å². The number of nitrogens with zero attached hydrogens (tertiary/aromatic N) is 1.